The number of rotatable bonds is 2. The minimum atomic E-state index is 0.973. The first-order valence-electron chi connectivity index (χ1n) is 9.54. The smallest absolute Gasteiger partial charge is 0.138 e. The maximum absolute atomic E-state index is 6.71. The van der Waals surface area contributed by atoms with E-state index in [9.17, 15) is 0 Å². The Hall–Kier alpha value is -2.80. The highest BCUT2D eigenvalue weighted by molar-refractivity contribution is 5.94. The molecule has 1 nitrogen and oxygen atoms in total. The molecular weight excluding hydrogens is 328 g/mol. The molecule has 0 amide bonds. The summed E-state index contributed by atoms with van der Waals surface area (Å²) in [7, 11) is 0. The lowest BCUT2D eigenvalue weighted by molar-refractivity contribution is 0.485. The molecule has 0 saturated heterocycles. The third-order valence-electron chi connectivity index (χ3n) is 5.72. The molecule has 0 atom stereocenters. The minimum absolute atomic E-state index is 0.973. The van der Waals surface area contributed by atoms with Gasteiger partial charge in [0.2, 0.25) is 0 Å². The Morgan fingerprint density at radius 2 is 0.926 bits per heavy atom. The van der Waals surface area contributed by atoms with Gasteiger partial charge in [0.15, 0.2) is 0 Å². The number of hydrogen-bond acceptors (Lipinski definition) is 1. The first-order chi connectivity index (χ1) is 12.8. The van der Waals surface area contributed by atoms with Gasteiger partial charge in [0.1, 0.15) is 11.5 Å². The standard InChI is InChI=1S/C26H26O/c1-15-7-9-23-21(11-15)13-17(3)19(5)25(23)27-26-20(6)18(4)14-22-12-16(2)8-10-24(22)26/h7-14H,1-6H3. The van der Waals surface area contributed by atoms with Crippen molar-refractivity contribution >= 4 is 21.5 Å². The summed E-state index contributed by atoms with van der Waals surface area (Å²) in [6, 6.07) is 17.7. The summed E-state index contributed by atoms with van der Waals surface area (Å²) in [6.07, 6.45) is 0. The van der Waals surface area contributed by atoms with Gasteiger partial charge < -0.3 is 4.74 Å². The van der Waals surface area contributed by atoms with Crippen molar-refractivity contribution in [1.82, 2.24) is 0 Å². The zero-order valence-corrected chi connectivity index (χ0v) is 17.0. The first kappa shape index (κ1) is 17.6. The van der Waals surface area contributed by atoms with Crippen LogP contribution in [-0.4, -0.2) is 0 Å². The van der Waals surface area contributed by atoms with Crippen LogP contribution in [0.5, 0.6) is 11.5 Å². The molecule has 4 aromatic rings. The number of aryl methyl sites for hydroxylation is 4. The van der Waals surface area contributed by atoms with Crippen molar-refractivity contribution in [3.63, 3.8) is 0 Å². The van der Waals surface area contributed by atoms with Gasteiger partial charge in [0.05, 0.1) is 0 Å². The van der Waals surface area contributed by atoms with Crippen molar-refractivity contribution in [3.05, 3.63) is 81.9 Å². The fourth-order valence-corrected chi connectivity index (χ4v) is 3.83. The van der Waals surface area contributed by atoms with Crippen LogP contribution in [0.3, 0.4) is 0 Å². The Morgan fingerprint density at radius 3 is 1.33 bits per heavy atom. The Balaban J connectivity index is 2.00. The Labute approximate surface area is 161 Å². The molecule has 0 aliphatic heterocycles. The molecule has 136 valence electrons. The zero-order chi connectivity index (χ0) is 19.3. The van der Waals surface area contributed by atoms with Crippen LogP contribution in [0.4, 0.5) is 0 Å². The van der Waals surface area contributed by atoms with E-state index in [1.54, 1.807) is 0 Å². The van der Waals surface area contributed by atoms with Crippen molar-refractivity contribution < 1.29 is 4.74 Å². The number of hydrogen-bond donors (Lipinski definition) is 0. The van der Waals surface area contributed by atoms with Gasteiger partial charge in [0, 0.05) is 10.8 Å². The van der Waals surface area contributed by atoms with Crippen LogP contribution in [0.2, 0.25) is 0 Å². The Morgan fingerprint density at radius 1 is 0.519 bits per heavy atom. The summed E-state index contributed by atoms with van der Waals surface area (Å²) < 4.78 is 6.71. The van der Waals surface area contributed by atoms with Gasteiger partial charge in [-0.1, -0.05) is 59.7 Å². The predicted molar refractivity (Wildman–Crippen MR) is 116 cm³/mol. The highest BCUT2D eigenvalue weighted by atomic mass is 16.5. The molecular formula is C26H26O. The lowest BCUT2D eigenvalue weighted by Gasteiger charge is -2.19. The van der Waals surface area contributed by atoms with Crippen molar-refractivity contribution in [2.75, 3.05) is 0 Å². The summed E-state index contributed by atoms with van der Waals surface area (Å²) in [5, 5.41) is 4.81. The van der Waals surface area contributed by atoms with E-state index in [1.165, 1.54) is 54.9 Å². The van der Waals surface area contributed by atoms with Crippen LogP contribution >= 0.6 is 0 Å². The zero-order valence-electron chi connectivity index (χ0n) is 17.0. The maximum atomic E-state index is 6.71. The Bertz CT molecular complexity index is 1100. The SMILES string of the molecule is Cc1ccc2c(Oc3c(C)c(C)cc4cc(C)ccc34)c(C)c(C)cc2c1. The minimum Gasteiger partial charge on any atom is -0.455 e. The second kappa shape index (κ2) is 6.42. The highest BCUT2D eigenvalue weighted by Gasteiger charge is 2.15. The molecule has 0 spiro atoms. The molecule has 0 aliphatic rings. The van der Waals surface area contributed by atoms with Gasteiger partial charge in [0.25, 0.3) is 0 Å². The monoisotopic (exact) mass is 354 g/mol. The summed E-state index contributed by atoms with van der Waals surface area (Å²) in [5.41, 5.74) is 7.45. The van der Waals surface area contributed by atoms with E-state index in [-0.39, 0.29) is 0 Å². The summed E-state index contributed by atoms with van der Waals surface area (Å²) in [6.45, 7) is 12.9. The second-order valence-corrected chi connectivity index (χ2v) is 7.85. The van der Waals surface area contributed by atoms with Crippen LogP contribution in [0.15, 0.2) is 48.5 Å². The second-order valence-electron chi connectivity index (χ2n) is 7.85. The maximum Gasteiger partial charge on any atom is 0.138 e. The molecule has 0 aromatic heterocycles. The van der Waals surface area contributed by atoms with Gasteiger partial charge in [-0.15, -0.1) is 0 Å². The van der Waals surface area contributed by atoms with E-state index in [0.29, 0.717) is 0 Å². The van der Waals surface area contributed by atoms with Gasteiger partial charge in [-0.05, 0) is 74.6 Å². The Kier molecular flexibility index (Phi) is 4.19. The number of ether oxygens (including phenoxy) is 1. The topological polar surface area (TPSA) is 9.23 Å². The van der Waals surface area contributed by atoms with E-state index in [2.05, 4.69) is 90.1 Å². The van der Waals surface area contributed by atoms with Crippen molar-refractivity contribution in [1.29, 1.82) is 0 Å². The molecule has 0 heterocycles. The van der Waals surface area contributed by atoms with Crippen molar-refractivity contribution in [2.24, 2.45) is 0 Å². The normalized spacial score (nSPS) is 11.3. The van der Waals surface area contributed by atoms with E-state index < -0.39 is 0 Å². The van der Waals surface area contributed by atoms with Gasteiger partial charge >= 0.3 is 0 Å². The fraction of sp³-hybridized carbons (Fsp3) is 0.231. The molecule has 0 N–H and O–H groups in total. The van der Waals surface area contributed by atoms with Crippen molar-refractivity contribution in [2.45, 2.75) is 41.5 Å². The van der Waals surface area contributed by atoms with E-state index in [1.807, 2.05) is 0 Å². The first-order valence-corrected chi connectivity index (χ1v) is 9.54. The van der Waals surface area contributed by atoms with E-state index in [4.69, 9.17) is 4.74 Å². The van der Waals surface area contributed by atoms with Crippen molar-refractivity contribution in [3.8, 4) is 11.5 Å². The van der Waals surface area contributed by atoms with Crippen LogP contribution in [-0.2, 0) is 0 Å². The molecule has 0 aliphatic carbocycles. The summed E-state index contributed by atoms with van der Waals surface area (Å²) in [4.78, 5) is 0. The molecule has 0 saturated carbocycles. The molecule has 4 aromatic carbocycles. The average molecular weight is 354 g/mol. The average Bonchev–Trinajstić information content (AvgIpc) is 2.62. The fourth-order valence-electron chi connectivity index (χ4n) is 3.83. The number of fused-ring (bicyclic) bond motifs is 2. The van der Waals surface area contributed by atoms with Crippen LogP contribution in [0.25, 0.3) is 21.5 Å². The summed E-state index contributed by atoms with van der Waals surface area (Å²) >= 11 is 0. The summed E-state index contributed by atoms with van der Waals surface area (Å²) in [5.74, 6) is 1.95. The lowest BCUT2D eigenvalue weighted by atomic mass is 9.98. The molecule has 1 heteroatoms. The number of benzene rings is 4. The van der Waals surface area contributed by atoms with Gasteiger partial charge in [-0.3, -0.25) is 0 Å². The lowest BCUT2D eigenvalue weighted by Crippen LogP contribution is -1.97. The highest BCUT2D eigenvalue weighted by Crippen LogP contribution is 2.40. The molecule has 0 fully saturated rings. The van der Waals surface area contributed by atoms with Gasteiger partial charge in [-0.2, -0.15) is 0 Å². The molecule has 0 bridgehead atoms. The van der Waals surface area contributed by atoms with Crippen LogP contribution < -0.4 is 4.74 Å². The van der Waals surface area contributed by atoms with E-state index >= 15 is 0 Å². The molecule has 0 unspecified atom stereocenters. The van der Waals surface area contributed by atoms with E-state index in [0.717, 1.165) is 11.5 Å². The predicted octanol–water partition coefficient (Wildman–Crippen LogP) is 7.64. The quantitative estimate of drug-likeness (QED) is 0.359. The largest absolute Gasteiger partial charge is 0.455 e. The molecule has 0 radical (unpaired) electrons. The third kappa shape index (κ3) is 2.98. The van der Waals surface area contributed by atoms with Crippen LogP contribution in [0, 0.1) is 41.5 Å². The molecule has 4 rings (SSSR count). The molecule has 27 heavy (non-hydrogen) atoms. The van der Waals surface area contributed by atoms with Crippen LogP contribution in [0.1, 0.15) is 33.4 Å². The third-order valence-corrected chi connectivity index (χ3v) is 5.72. The van der Waals surface area contributed by atoms with Gasteiger partial charge in [-0.25, -0.2) is 0 Å².